The third-order valence-corrected chi connectivity index (χ3v) is 5.06. The van der Waals surface area contributed by atoms with Crippen LogP contribution in [0.15, 0.2) is 18.2 Å². The smallest absolute Gasteiger partial charge is 0.490 e. The third-order valence-electron chi connectivity index (χ3n) is 4.85. The summed E-state index contributed by atoms with van der Waals surface area (Å²) in [6, 6.07) is 4.82. The Hall–Kier alpha value is -1.14. The average molecular weight is 378 g/mol. The van der Waals surface area contributed by atoms with Gasteiger partial charge in [-0.15, -0.1) is 13.2 Å². The molecule has 0 saturated carbocycles. The van der Waals surface area contributed by atoms with E-state index in [0.29, 0.717) is 17.8 Å². The summed E-state index contributed by atoms with van der Waals surface area (Å²) >= 11 is 5.91. The Morgan fingerprint density at radius 2 is 1.56 bits per heavy atom. The molecule has 2 saturated heterocycles. The highest BCUT2D eigenvalue weighted by Crippen LogP contribution is 2.42. The fraction of sp³-hybridized carbons (Fsp3) is 0.667. The van der Waals surface area contributed by atoms with E-state index in [9.17, 15) is 13.2 Å². The van der Waals surface area contributed by atoms with E-state index in [2.05, 4.69) is 30.4 Å². The van der Waals surface area contributed by atoms with E-state index in [1.165, 1.54) is 12.1 Å². The maximum Gasteiger partial charge on any atom is 0.573 e. The Kier molecular flexibility index (Phi) is 4.88. The number of halogens is 4. The van der Waals surface area contributed by atoms with Crippen molar-refractivity contribution in [2.45, 2.75) is 76.5 Å². The van der Waals surface area contributed by atoms with E-state index in [4.69, 9.17) is 16.3 Å². The van der Waals surface area contributed by atoms with Gasteiger partial charge in [0, 0.05) is 28.7 Å². The van der Waals surface area contributed by atoms with E-state index in [1.807, 2.05) is 0 Å². The molecule has 2 aliphatic rings. The molecular formula is C18H23ClF3NO2. The highest BCUT2D eigenvalue weighted by molar-refractivity contribution is 6.30. The van der Waals surface area contributed by atoms with Gasteiger partial charge in [0.1, 0.15) is 17.6 Å². The summed E-state index contributed by atoms with van der Waals surface area (Å²) in [7, 11) is 0. The maximum atomic E-state index is 12.4. The van der Waals surface area contributed by atoms with Crippen molar-refractivity contribution in [3.05, 3.63) is 23.2 Å². The van der Waals surface area contributed by atoms with E-state index >= 15 is 0 Å². The number of piperidine rings is 1. The zero-order valence-corrected chi connectivity index (χ0v) is 15.3. The monoisotopic (exact) mass is 377 g/mol. The van der Waals surface area contributed by atoms with Crippen molar-refractivity contribution in [1.29, 1.82) is 0 Å². The standard InChI is InChI=1S/C18H23ClF3NO2/c1-17(2,3)23-12-4-5-13(23)9-15(8-12)24-14-6-11(19)7-16(10-14)25-18(20,21)22/h6-7,10,12-13,15H,4-5,8-9H2,1-3H3/t12-,13+,15?. The van der Waals surface area contributed by atoms with Gasteiger partial charge in [0.05, 0.1) is 0 Å². The van der Waals surface area contributed by atoms with Gasteiger partial charge in [-0.05, 0) is 58.6 Å². The molecule has 0 aromatic heterocycles. The van der Waals surface area contributed by atoms with Crippen LogP contribution in [0, 0.1) is 0 Å². The van der Waals surface area contributed by atoms with Crippen LogP contribution in [-0.2, 0) is 0 Å². The predicted molar refractivity (Wildman–Crippen MR) is 90.2 cm³/mol. The molecule has 1 unspecified atom stereocenters. The third kappa shape index (κ3) is 4.53. The molecule has 0 radical (unpaired) electrons. The zero-order chi connectivity index (χ0) is 18.4. The summed E-state index contributed by atoms with van der Waals surface area (Å²) in [6.45, 7) is 6.66. The molecule has 140 valence electrons. The second-order valence-electron chi connectivity index (χ2n) is 7.84. The SMILES string of the molecule is CC(C)(C)N1[C@@H]2CC[C@H]1CC(Oc1cc(Cl)cc(OC(F)(F)F)c1)C2. The van der Waals surface area contributed by atoms with Crippen molar-refractivity contribution in [3.63, 3.8) is 0 Å². The van der Waals surface area contributed by atoms with Crippen LogP contribution in [0.4, 0.5) is 13.2 Å². The van der Waals surface area contributed by atoms with Crippen LogP contribution in [0.2, 0.25) is 5.02 Å². The molecule has 2 heterocycles. The molecule has 7 heteroatoms. The lowest BCUT2D eigenvalue weighted by Crippen LogP contribution is -2.54. The average Bonchev–Trinajstić information content (AvgIpc) is 2.68. The van der Waals surface area contributed by atoms with Crippen LogP contribution in [0.3, 0.4) is 0 Å². The van der Waals surface area contributed by atoms with Crippen molar-refractivity contribution in [2.24, 2.45) is 0 Å². The first-order chi connectivity index (χ1) is 11.5. The normalized spacial score (nSPS) is 27.4. The molecule has 2 fully saturated rings. The van der Waals surface area contributed by atoms with Crippen LogP contribution in [-0.4, -0.2) is 35.0 Å². The van der Waals surface area contributed by atoms with Gasteiger partial charge in [0.2, 0.25) is 0 Å². The maximum absolute atomic E-state index is 12.4. The van der Waals surface area contributed by atoms with Crippen LogP contribution >= 0.6 is 11.6 Å². The van der Waals surface area contributed by atoms with Crippen LogP contribution < -0.4 is 9.47 Å². The van der Waals surface area contributed by atoms with Gasteiger partial charge in [-0.2, -0.15) is 0 Å². The van der Waals surface area contributed by atoms with Gasteiger partial charge < -0.3 is 9.47 Å². The minimum Gasteiger partial charge on any atom is -0.490 e. The van der Waals surface area contributed by atoms with E-state index in [0.717, 1.165) is 31.7 Å². The number of ether oxygens (including phenoxy) is 2. The molecule has 1 aromatic carbocycles. The van der Waals surface area contributed by atoms with Crippen molar-refractivity contribution < 1.29 is 22.6 Å². The topological polar surface area (TPSA) is 21.7 Å². The lowest BCUT2D eigenvalue weighted by molar-refractivity contribution is -0.274. The molecule has 0 amide bonds. The quantitative estimate of drug-likeness (QED) is 0.702. The highest BCUT2D eigenvalue weighted by atomic mass is 35.5. The molecule has 0 aliphatic carbocycles. The first kappa shape index (κ1) is 18.6. The molecule has 1 aromatic rings. The van der Waals surface area contributed by atoms with E-state index in [1.54, 1.807) is 0 Å². The second-order valence-corrected chi connectivity index (χ2v) is 8.28. The molecule has 2 bridgehead atoms. The molecule has 0 spiro atoms. The van der Waals surface area contributed by atoms with E-state index < -0.39 is 6.36 Å². The van der Waals surface area contributed by atoms with Crippen LogP contribution in [0.1, 0.15) is 46.5 Å². The number of benzene rings is 1. The Labute approximate surface area is 151 Å². The highest BCUT2D eigenvalue weighted by Gasteiger charge is 2.46. The molecule has 2 aliphatic heterocycles. The summed E-state index contributed by atoms with van der Waals surface area (Å²) in [5.41, 5.74) is 0.112. The van der Waals surface area contributed by atoms with Crippen molar-refractivity contribution in [3.8, 4) is 11.5 Å². The van der Waals surface area contributed by atoms with Gasteiger partial charge in [0.25, 0.3) is 0 Å². The second kappa shape index (κ2) is 6.54. The summed E-state index contributed by atoms with van der Waals surface area (Å²) < 4.78 is 47.2. The summed E-state index contributed by atoms with van der Waals surface area (Å²) in [6.07, 6.45) is -0.752. The van der Waals surface area contributed by atoms with Crippen molar-refractivity contribution >= 4 is 11.6 Å². The Bertz CT molecular complexity index is 616. The van der Waals surface area contributed by atoms with Crippen molar-refractivity contribution in [2.75, 3.05) is 0 Å². The van der Waals surface area contributed by atoms with Gasteiger partial charge in [-0.1, -0.05) is 11.6 Å². The zero-order valence-electron chi connectivity index (χ0n) is 14.6. The number of hydrogen-bond donors (Lipinski definition) is 0. The number of alkyl halides is 3. The first-order valence-electron chi connectivity index (χ1n) is 8.53. The molecule has 3 rings (SSSR count). The number of hydrogen-bond acceptors (Lipinski definition) is 3. The van der Waals surface area contributed by atoms with Gasteiger partial charge in [-0.25, -0.2) is 0 Å². The van der Waals surface area contributed by atoms with Crippen LogP contribution in [0.5, 0.6) is 11.5 Å². The van der Waals surface area contributed by atoms with Gasteiger partial charge in [0.15, 0.2) is 0 Å². The summed E-state index contributed by atoms with van der Waals surface area (Å²) in [5, 5.41) is 0.159. The van der Waals surface area contributed by atoms with Gasteiger partial charge in [-0.3, -0.25) is 4.90 Å². The number of rotatable bonds is 3. The minimum atomic E-state index is -4.75. The Balaban J connectivity index is 1.70. The summed E-state index contributed by atoms with van der Waals surface area (Å²) in [4.78, 5) is 2.56. The molecule has 3 nitrogen and oxygen atoms in total. The number of fused-ring (bicyclic) bond motifs is 2. The molecule has 0 N–H and O–H groups in total. The Morgan fingerprint density at radius 1 is 1.00 bits per heavy atom. The largest absolute Gasteiger partial charge is 0.573 e. The minimum absolute atomic E-state index is 0.0201. The Morgan fingerprint density at radius 3 is 2.08 bits per heavy atom. The summed E-state index contributed by atoms with van der Waals surface area (Å²) in [5.74, 6) is -0.0366. The molecule has 25 heavy (non-hydrogen) atoms. The fourth-order valence-corrected chi connectivity index (χ4v) is 4.52. The van der Waals surface area contributed by atoms with Crippen molar-refractivity contribution in [1.82, 2.24) is 4.90 Å². The molecule has 3 atom stereocenters. The lowest BCUT2D eigenvalue weighted by atomic mass is 9.93. The first-order valence-corrected chi connectivity index (χ1v) is 8.90. The lowest BCUT2D eigenvalue weighted by Gasteiger charge is -2.46. The van der Waals surface area contributed by atoms with E-state index in [-0.39, 0.29) is 22.4 Å². The van der Waals surface area contributed by atoms with Crippen LogP contribution in [0.25, 0.3) is 0 Å². The molecular weight excluding hydrogens is 355 g/mol. The van der Waals surface area contributed by atoms with Gasteiger partial charge >= 0.3 is 6.36 Å². The number of nitrogens with zero attached hydrogens (tertiary/aromatic N) is 1. The fourth-order valence-electron chi connectivity index (χ4n) is 4.31. The predicted octanol–water partition coefficient (Wildman–Crippen LogP) is 5.41.